The Hall–Kier alpha value is -2.21. The van der Waals surface area contributed by atoms with Crippen LogP contribution in [0.2, 0.25) is 0 Å². The smallest absolute Gasteiger partial charge is 0.261 e. The van der Waals surface area contributed by atoms with Crippen molar-refractivity contribution in [3.05, 3.63) is 34.9 Å². The lowest BCUT2D eigenvalue weighted by Crippen LogP contribution is -2.40. The first-order chi connectivity index (χ1) is 13.1. The largest absolute Gasteiger partial charge is 0.378 e. The van der Waals surface area contributed by atoms with Crippen molar-refractivity contribution in [2.24, 2.45) is 0 Å². The Labute approximate surface area is 159 Å². The lowest BCUT2D eigenvalue weighted by molar-refractivity contribution is 0.0548. The van der Waals surface area contributed by atoms with Gasteiger partial charge in [-0.2, -0.15) is 0 Å². The molecule has 2 aliphatic heterocycles. The van der Waals surface area contributed by atoms with E-state index in [-0.39, 0.29) is 29.9 Å². The van der Waals surface area contributed by atoms with E-state index in [1.165, 1.54) is 4.90 Å². The third-order valence-corrected chi connectivity index (χ3v) is 5.90. The Morgan fingerprint density at radius 1 is 1.04 bits per heavy atom. The van der Waals surface area contributed by atoms with E-state index < -0.39 is 0 Å². The SMILES string of the molecule is O=C(NCCC1CCCO1)c1ccc2c(c1)C(=O)N(C1CCCCC1)C2=O. The fourth-order valence-electron chi connectivity index (χ4n) is 4.39. The van der Waals surface area contributed by atoms with Gasteiger partial charge in [0.15, 0.2) is 0 Å². The topological polar surface area (TPSA) is 75.7 Å². The first kappa shape index (κ1) is 18.2. The van der Waals surface area contributed by atoms with Gasteiger partial charge in [-0.3, -0.25) is 19.3 Å². The van der Waals surface area contributed by atoms with Gasteiger partial charge in [-0.1, -0.05) is 19.3 Å². The summed E-state index contributed by atoms with van der Waals surface area (Å²) in [6.07, 6.45) is 8.17. The normalized spacial score (nSPS) is 23.0. The molecule has 4 rings (SSSR count). The number of amides is 3. The minimum absolute atomic E-state index is 0.00478. The summed E-state index contributed by atoms with van der Waals surface area (Å²) in [6.45, 7) is 1.35. The molecule has 1 saturated heterocycles. The fourth-order valence-corrected chi connectivity index (χ4v) is 4.39. The Morgan fingerprint density at radius 2 is 1.81 bits per heavy atom. The Kier molecular flexibility index (Phi) is 5.25. The third-order valence-electron chi connectivity index (χ3n) is 5.90. The molecule has 0 radical (unpaired) electrons. The van der Waals surface area contributed by atoms with Crippen LogP contribution in [0.3, 0.4) is 0 Å². The molecule has 0 spiro atoms. The summed E-state index contributed by atoms with van der Waals surface area (Å²) in [6, 6.07) is 4.82. The molecule has 3 aliphatic rings. The molecule has 1 N–H and O–H groups in total. The van der Waals surface area contributed by atoms with E-state index in [4.69, 9.17) is 4.74 Å². The van der Waals surface area contributed by atoms with Crippen LogP contribution >= 0.6 is 0 Å². The van der Waals surface area contributed by atoms with Crippen LogP contribution in [0, 0.1) is 0 Å². The monoisotopic (exact) mass is 370 g/mol. The van der Waals surface area contributed by atoms with E-state index in [9.17, 15) is 14.4 Å². The number of nitrogens with one attached hydrogen (secondary N) is 1. The first-order valence-electron chi connectivity index (χ1n) is 10.1. The standard InChI is InChI=1S/C21H26N2O4/c24-19(22-11-10-16-7-4-12-27-16)14-8-9-17-18(13-14)21(26)23(20(17)25)15-5-2-1-3-6-15/h8-9,13,15-16H,1-7,10-12H2,(H,22,24). The van der Waals surface area contributed by atoms with Gasteiger partial charge in [0.1, 0.15) is 0 Å². The molecule has 6 nitrogen and oxygen atoms in total. The summed E-state index contributed by atoms with van der Waals surface area (Å²) in [4.78, 5) is 39.4. The number of hydrogen-bond acceptors (Lipinski definition) is 4. The van der Waals surface area contributed by atoms with Crippen molar-refractivity contribution in [1.82, 2.24) is 10.2 Å². The Morgan fingerprint density at radius 3 is 2.56 bits per heavy atom. The van der Waals surface area contributed by atoms with Gasteiger partial charge in [0.2, 0.25) is 0 Å². The van der Waals surface area contributed by atoms with Gasteiger partial charge in [-0.05, 0) is 50.3 Å². The molecule has 1 aliphatic carbocycles. The summed E-state index contributed by atoms with van der Waals surface area (Å²) in [7, 11) is 0. The van der Waals surface area contributed by atoms with Crippen molar-refractivity contribution < 1.29 is 19.1 Å². The number of imide groups is 1. The van der Waals surface area contributed by atoms with Crippen LogP contribution in [0.15, 0.2) is 18.2 Å². The van der Waals surface area contributed by atoms with E-state index in [0.29, 0.717) is 23.2 Å². The minimum atomic E-state index is -0.254. The number of nitrogens with zero attached hydrogens (tertiary/aromatic N) is 1. The maximum atomic E-state index is 12.8. The highest BCUT2D eigenvalue weighted by molar-refractivity contribution is 6.22. The van der Waals surface area contributed by atoms with Crippen LogP contribution in [-0.4, -0.2) is 47.9 Å². The van der Waals surface area contributed by atoms with Crippen LogP contribution < -0.4 is 5.32 Å². The number of fused-ring (bicyclic) bond motifs is 1. The van der Waals surface area contributed by atoms with Crippen molar-refractivity contribution in [2.75, 3.05) is 13.2 Å². The van der Waals surface area contributed by atoms with E-state index in [1.807, 2.05) is 0 Å². The molecule has 1 saturated carbocycles. The van der Waals surface area contributed by atoms with Gasteiger partial charge < -0.3 is 10.1 Å². The lowest BCUT2D eigenvalue weighted by atomic mass is 9.94. The highest BCUT2D eigenvalue weighted by Gasteiger charge is 2.40. The maximum absolute atomic E-state index is 12.8. The Balaban J connectivity index is 1.43. The zero-order valence-corrected chi connectivity index (χ0v) is 15.5. The molecule has 0 bridgehead atoms. The molecule has 27 heavy (non-hydrogen) atoms. The second-order valence-electron chi connectivity index (χ2n) is 7.71. The van der Waals surface area contributed by atoms with Gasteiger partial charge in [0.25, 0.3) is 17.7 Å². The van der Waals surface area contributed by atoms with Crippen molar-refractivity contribution in [3.8, 4) is 0 Å². The summed E-state index contributed by atoms with van der Waals surface area (Å²) >= 11 is 0. The molecule has 3 amide bonds. The van der Waals surface area contributed by atoms with Crippen molar-refractivity contribution in [2.45, 2.75) is 63.5 Å². The molecule has 6 heteroatoms. The van der Waals surface area contributed by atoms with Crippen LogP contribution in [0.4, 0.5) is 0 Å². The Bertz CT molecular complexity index is 749. The van der Waals surface area contributed by atoms with E-state index in [0.717, 1.165) is 58.0 Å². The van der Waals surface area contributed by atoms with Gasteiger partial charge >= 0.3 is 0 Å². The van der Waals surface area contributed by atoms with Crippen LogP contribution in [0.1, 0.15) is 82.4 Å². The molecule has 1 unspecified atom stereocenters. The molecule has 2 fully saturated rings. The molecule has 144 valence electrons. The minimum Gasteiger partial charge on any atom is -0.378 e. The average molecular weight is 370 g/mol. The zero-order chi connectivity index (χ0) is 18.8. The van der Waals surface area contributed by atoms with E-state index in [1.54, 1.807) is 18.2 Å². The van der Waals surface area contributed by atoms with Crippen molar-refractivity contribution in [1.29, 1.82) is 0 Å². The molecule has 0 aromatic heterocycles. The average Bonchev–Trinajstić information content (AvgIpc) is 3.29. The number of carbonyl (C=O) groups excluding carboxylic acids is 3. The molecular formula is C21H26N2O4. The van der Waals surface area contributed by atoms with Crippen LogP contribution in [0.5, 0.6) is 0 Å². The number of ether oxygens (including phenoxy) is 1. The van der Waals surface area contributed by atoms with Gasteiger partial charge in [0.05, 0.1) is 17.2 Å². The highest BCUT2D eigenvalue weighted by Crippen LogP contribution is 2.31. The van der Waals surface area contributed by atoms with Crippen molar-refractivity contribution in [3.63, 3.8) is 0 Å². The lowest BCUT2D eigenvalue weighted by Gasteiger charge is -2.29. The number of benzene rings is 1. The molecule has 2 heterocycles. The summed E-state index contributed by atoms with van der Waals surface area (Å²) in [5, 5.41) is 2.89. The van der Waals surface area contributed by atoms with Gasteiger partial charge in [0, 0.05) is 24.8 Å². The maximum Gasteiger partial charge on any atom is 0.261 e. The van der Waals surface area contributed by atoms with Crippen LogP contribution in [0.25, 0.3) is 0 Å². The van der Waals surface area contributed by atoms with Gasteiger partial charge in [-0.25, -0.2) is 0 Å². The molecular weight excluding hydrogens is 344 g/mol. The number of hydrogen-bond donors (Lipinski definition) is 1. The van der Waals surface area contributed by atoms with Crippen LogP contribution in [-0.2, 0) is 4.74 Å². The van der Waals surface area contributed by atoms with Crippen molar-refractivity contribution >= 4 is 17.7 Å². The number of carbonyl (C=O) groups is 3. The molecule has 1 aromatic carbocycles. The van der Waals surface area contributed by atoms with E-state index >= 15 is 0 Å². The van der Waals surface area contributed by atoms with E-state index in [2.05, 4.69) is 5.32 Å². The predicted octanol–water partition coefficient (Wildman–Crippen LogP) is 2.91. The summed E-state index contributed by atoms with van der Waals surface area (Å²) in [5.74, 6) is -0.685. The zero-order valence-electron chi connectivity index (χ0n) is 15.5. The fraction of sp³-hybridized carbons (Fsp3) is 0.571. The first-order valence-corrected chi connectivity index (χ1v) is 10.1. The molecule has 1 aromatic rings. The molecule has 1 atom stereocenters. The third kappa shape index (κ3) is 3.63. The summed E-state index contributed by atoms with van der Waals surface area (Å²) in [5.41, 5.74) is 1.20. The predicted molar refractivity (Wildman–Crippen MR) is 99.7 cm³/mol. The number of rotatable bonds is 5. The second-order valence-corrected chi connectivity index (χ2v) is 7.71. The highest BCUT2D eigenvalue weighted by atomic mass is 16.5. The quantitative estimate of drug-likeness (QED) is 0.809. The summed E-state index contributed by atoms with van der Waals surface area (Å²) < 4.78 is 5.56. The second kappa shape index (κ2) is 7.80. The van der Waals surface area contributed by atoms with Gasteiger partial charge in [-0.15, -0.1) is 0 Å².